The molecule has 1 heteroatoms. The van der Waals surface area contributed by atoms with Crippen LogP contribution in [0.4, 0.5) is 0 Å². The molecular formula is C16H19N. The molecule has 1 nitrogen and oxygen atoms in total. The number of benzene rings is 2. The zero-order valence-corrected chi connectivity index (χ0v) is 10.6. The topological polar surface area (TPSA) is 3.24 Å². The summed E-state index contributed by atoms with van der Waals surface area (Å²) < 4.78 is 0. The molecule has 0 fully saturated rings. The highest BCUT2D eigenvalue weighted by Crippen LogP contribution is 2.23. The maximum atomic E-state index is 2.23. The van der Waals surface area contributed by atoms with Crippen molar-refractivity contribution in [3.63, 3.8) is 0 Å². The number of likely N-dealkylation sites (N-methyl/N-ethyl adjacent to an activating group) is 1. The van der Waals surface area contributed by atoms with Gasteiger partial charge in [0.2, 0.25) is 0 Å². The maximum absolute atomic E-state index is 2.23. The van der Waals surface area contributed by atoms with Crippen LogP contribution in [-0.2, 0) is 6.42 Å². The molecular weight excluding hydrogens is 206 g/mol. The molecule has 0 radical (unpaired) electrons. The van der Waals surface area contributed by atoms with Gasteiger partial charge < -0.3 is 4.90 Å². The molecule has 0 spiro atoms. The first-order valence-corrected chi connectivity index (χ1v) is 6.05. The quantitative estimate of drug-likeness (QED) is 0.770. The molecule has 88 valence electrons. The summed E-state index contributed by atoms with van der Waals surface area (Å²) in [5.74, 6) is 0. The second kappa shape index (κ2) is 5.65. The Morgan fingerprint density at radius 1 is 0.824 bits per heavy atom. The van der Waals surface area contributed by atoms with Gasteiger partial charge in [-0.25, -0.2) is 0 Å². The van der Waals surface area contributed by atoms with Gasteiger partial charge in [0, 0.05) is 6.54 Å². The van der Waals surface area contributed by atoms with Crippen LogP contribution in [0, 0.1) is 0 Å². The molecule has 17 heavy (non-hydrogen) atoms. The minimum Gasteiger partial charge on any atom is -0.309 e. The van der Waals surface area contributed by atoms with Gasteiger partial charge in [0.15, 0.2) is 0 Å². The predicted molar refractivity (Wildman–Crippen MR) is 74.1 cm³/mol. The summed E-state index contributed by atoms with van der Waals surface area (Å²) in [6, 6.07) is 19.3. The number of hydrogen-bond donors (Lipinski definition) is 0. The standard InChI is InChI=1S/C16H19N/c1-17(2)13-12-15-10-6-7-11-16(15)14-8-4-3-5-9-14/h3-11H,12-13H2,1-2H3. The van der Waals surface area contributed by atoms with Crippen molar-refractivity contribution in [2.45, 2.75) is 6.42 Å². The Hall–Kier alpha value is -1.60. The third-order valence-corrected chi connectivity index (χ3v) is 2.93. The first kappa shape index (κ1) is 11.9. The smallest absolute Gasteiger partial charge is 0.00159 e. The molecule has 0 atom stereocenters. The van der Waals surface area contributed by atoms with E-state index < -0.39 is 0 Å². The third kappa shape index (κ3) is 3.18. The summed E-state index contributed by atoms with van der Waals surface area (Å²) in [6.45, 7) is 1.09. The van der Waals surface area contributed by atoms with Gasteiger partial charge in [-0.05, 0) is 37.2 Å². The molecule has 2 aromatic carbocycles. The fourth-order valence-electron chi connectivity index (χ4n) is 1.98. The van der Waals surface area contributed by atoms with E-state index >= 15 is 0 Å². The van der Waals surface area contributed by atoms with E-state index in [2.05, 4.69) is 73.6 Å². The molecule has 0 aromatic heterocycles. The van der Waals surface area contributed by atoms with Gasteiger partial charge in [-0.3, -0.25) is 0 Å². The number of nitrogens with zero attached hydrogens (tertiary/aromatic N) is 1. The van der Waals surface area contributed by atoms with Crippen LogP contribution in [0.25, 0.3) is 11.1 Å². The predicted octanol–water partition coefficient (Wildman–Crippen LogP) is 3.46. The van der Waals surface area contributed by atoms with Crippen molar-refractivity contribution in [3.05, 3.63) is 60.2 Å². The van der Waals surface area contributed by atoms with Crippen molar-refractivity contribution in [1.82, 2.24) is 4.90 Å². The van der Waals surface area contributed by atoms with Gasteiger partial charge in [-0.2, -0.15) is 0 Å². The highest BCUT2D eigenvalue weighted by Gasteiger charge is 2.03. The maximum Gasteiger partial charge on any atom is 0.00159 e. The third-order valence-electron chi connectivity index (χ3n) is 2.93. The fourth-order valence-corrected chi connectivity index (χ4v) is 1.98. The molecule has 0 saturated heterocycles. The number of rotatable bonds is 4. The van der Waals surface area contributed by atoms with Gasteiger partial charge in [-0.15, -0.1) is 0 Å². The highest BCUT2D eigenvalue weighted by atomic mass is 15.0. The lowest BCUT2D eigenvalue weighted by atomic mass is 9.98. The largest absolute Gasteiger partial charge is 0.309 e. The first-order valence-electron chi connectivity index (χ1n) is 6.05. The molecule has 2 aromatic rings. The fraction of sp³-hybridized carbons (Fsp3) is 0.250. The van der Waals surface area contributed by atoms with Crippen LogP contribution in [0.5, 0.6) is 0 Å². The summed E-state index contributed by atoms with van der Waals surface area (Å²) in [6.07, 6.45) is 1.10. The van der Waals surface area contributed by atoms with Crippen LogP contribution >= 0.6 is 0 Å². The normalized spacial score (nSPS) is 10.8. The van der Waals surface area contributed by atoms with E-state index in [4.69, 9.17) is 0 Å². The van der Waals surface area contributed by atoms with Crippen molar-refractivity contribution < 1.29 is 0 Å². The average molecular weight is 225 g/mol. The van der Waals surface area contributed by atoms with E-state index in [0.717, 1.165) is 13.0 Å². The van der Waals surface area contributed by atoms with E-state index in [0.29, 0.717) is 0 Å². The molecule has 0 heterocycles. The van der Waals surface area contributed by atoms with E-state index in [1.54, 1.807) is 0 Å². The van der Waals surface area contributed by atoms with Crippen LogP contribution in [0.3, 0.4) is 0 Å². The molecule has 0 bridgehead atoms. The summed E-state index contributed by atoms with van der Waals surface area (Å²) in [5.41, 5.74) is 4.09. The Balaban J connectivity index is 2.28. The van der Waals surface area contributed by atoms with Crippen molar-refractivity contribution in [3.8, 4) is 11.1 Å². The second-order valence-corrected chi connectivity index (χ2v) is 4.58. The Bertz CT molecular complexity index is 460. The van der Waals surface area contributed by atoms with E-state index in [1.807, 2.05) is 0 Å². The molecule has 0 N–H and O–H groups in total. The van der Waals surface area contributed by atoms with Crippen LogP contribution in [0.2, 0.25) is 0 Å². The van der Waals surface area contributed by atoms with Gasteiger partial charge in [0.1, 0.15) is 0 Å². The van der Waals surface area contributed by atoms with Crippen molar-refractivity contribution in [2.75, 3.05) is 20.6 Å². The molecule has 0 unspecified atom stereocenters. The number of hydrogen-bond acceptors (Lipinski definition) is 1. The summed E-state index contributed by atoms with van der Waals surface area (Å²) >= 11 is 0. The summed E-state index contributed by atoms with van der Waals surface area (Å²) in [4.78, 5) is 2.22. The summed E-state index contributed by atoms with van der Waals surface area (Å²) in [7, 11) is 4.23. The molecule has 0 aliphatic rings. The lowest BCUT2D eigenvalue weighted by molar-refractivity contribution is 0.414. The molecule has 0 saturated carbocycles. The molecule has 0 aliphatic heterocycles. The Kier molecular flexibility index (Phi) is 3.94. The van der Waals surface area contributed by atoms with Crippen LogP contribution < -0.4 is 0 Å². The Morgan fingerprint density at radius 3 is 2.18 bits per heavy atom. The van der Waals surface area contributed by atoms with Crippen LogP contribution in [0.15, 0.2) is 54.6 Å². The second-order valence-electron chi connectivity index (χ2n) is 4.58. The Morgan fingerprint density at radius 2 is 1.47 bits per heavy atom. The van der Waals surface area contributed by atoms with Crippen LogP contribution in [0.1, 0.15) is 5.56 Å². The SMILES string of the molecule is CN(C)CCc1ccccc1-c1ccccc1. The first-order chi connectivity index (χ1) is 8.27. The van der Waals surface area contributed by atoms with Crippen molar-refractivity contribution >= 4 is 0 Å². The van der Waals surface area contributed by atoms with Crippen LogP contribution in [-0.4, -0.2) is 25.5 Å². The van der Waals surface area contributed by atoms with E-state index in [9.17, 15) is 0 Å². The lowest BCUT2D eigenvalue weighted by Gasteiger charge is -2.13. The van der Waals surface area contributed by atoms with Gasteiger partial charge >= 0.3 is 0 Å². The summed E-state index contributed by atoms with van der Waals surface area (Å²) in [5, 5.41) is 0. The van der Waals surface area contributed by atoms with Crippen molar-refractivity contribution in [2.24, 2.45) is 0 Å². The van der Waals surface area contributed by atoms with Crippen molar-refractivity contribution in [1.29, 1.82) is 0 Å². The zero-order valence-electron chi connectivity index (χ0n) is 10.6. The lowest BCUT2D eigenvalue weighted by Crippen LogP contribution is -2.15. The van der Waals surface area contributed by atoms with E-state index in [1.165, 1.54) is 16.7 Å². The minimum absolute atomic E-state index is 1.09. The van der Waals surface area contributed by atoms with E-state index in [-0.39, 0.29) is 0 Å². The Labute approximate surface area is 104 Å². The minimum atomic E-state index is 1.09. The average Bonchev–Trinajstić information content (AvgIpc) is 2.38. The van der Waals surface area contributed by atoms with Gasteiger partial charge in [-0.1, -0.05) is 54.6 Å². The zero-order chi connectivity index (χ0) is 12.1. The molecule has 2 rings (SSSR count). The highest BCUT2D eigenvalue weighted by molar-refractivity contribution is 5.67. The molecule has 0 amide bonds. The monoisotopic (exact) mass is 225 g/mol. The van der Waals surface area contributed by atoms with Gasteiger partial charge in [0.25, 0.3) is 0 Å². The van der Waals surface area contributed by atoms with Gasteiger partial charge in [0.05, 0.1) is 0 Å². The molecule has 0 aliphatic carbocycles.